The predicted octanol–water partition coefficient (Wildman–Crippen LogP) is 4.15. The van der Waals surface area contributed by atoms with Crippen LogP contribution in [0.25, 0.3) is 0 Å². The molecule has 0 aromatic heterocycles. The smallest absolute Gasteiger partial charge is 0.404 e. The number of guanidine groups is 1. The van der Waals surface area contributed by atoms with Crippen molar-refractivity contribution in [3.8, 4) is 5.75 Å². The van der Waals surface area contributed by atoms with Gasteiger partial charge in [0.1, 0.15) is 0 Å². The molecule has 1 unspecified atom stereocenters. The zero-order valence-corrected chi connectivity index (χ0v) is 15.3. The number of nitrogens with two attached hydrogens (primary N) is 1. The molecule has 0 saturated carbocycles. The molecule has 150 valence electrons. The van der Waals surface area contributed by atoms with Crippen LogP contribution in [0.2, 0.25) is 0 Å². The normalized spacial score (nSPS) is 16.8. The van der Waals surface area contributed by atoms with Crippen LogP contribution in [0.15, 0.2) is 59.6 Å². The number of benzene rings is 2. The summed E-state index contributed by atoms with van der Waals surface area (Å²) in [4.78, 5) is 6.74. The summed E-state index contributed by atoms with van der Waals surface area (Å²) >= 11 is 0. The van der Waals surface area contributed by atoms with Crippen LogP contribution in [0.3, 0.4) is 0 Å². The van der Waals surface area contributed by atoms with E-state index >= 15 is 0 Å². The Morgan fingerprint density at radius 1 is 1.07 bits per heavy atom. The molecule has 0 amide bonds. The summed E-state index contributed by atoms with van der Waals surface area (Å²) in [6.45, 7) is 2.39. The van der Waals surface area contributed by atoms with Gasteiger partial charge < -0.3 is 15.8 Å². The molecule has 0 radical (unpaired) electrons. The fourth-order valence-electron chi connectivity index (χ4n) is 3.31. The van der Waals surface area contributed by atoms with Crippen LogP contribution >= 0.6 is 0 Å². The zero-order valence-electron chi connectivity index (χ0n) is 15.3. The fourth-order valence-corrected chi connectivity index (χ4v) is 3.31. The summed E-state index contributed by atoms with van der Waals surface area (Å²) in [5.74, 6) is -0.314. The van der Waals surface area contributed by atoms with Crippen molar-refractivity contribution in [2.75, 3.05) is 25.0 Å². The van der Waals surface area contributed by atoms with Gasteiger partial charge in [-0.2, -0.15) is 0 Å². The van der Waals surface area contributed by atoms with E-state index in [9.17, 15) is 13.2 Å². The van der Waals surface area contributed by atoms with E-state index in [0.29, 0.717) is 6.54 Å². The zero-order chi connectivity index (χ0) is 20.0. The molecular formula is C20H23F3N4O. The molecule has 0 aliphatic carbocycles. The first kappa shape index (κ1) is 20.0. The van der Waals surface area contributed by atoms with Gasteiger partial charge in [0.05, 0.1) is 18.3 Å². The lowest BCUT2D eigenvalue weighted by atomic mass is 10.1. The number of alkyl halides is 3. The molecule has 2 aromatic carbocycles. The Bertz CT molecular complexity index is 790. The average molecular weight is 392 g/mol. The van der Waals surface area contributed by atoms with Crippen molar-refractivity contribution >= 4 is 11.6 Å². The number of hydrogen-bond acceptors (Lipinski definition) is 3. The van der Waals surface area contributed by atoms with Gasteiger partial charge in [0, 0.05) is 0 Å². The summed E-state index contributed by atoms with van der Waals surface area (Å²) in [6, 6.07) is 15.8. The third kappa shape index (κ3) is 5.63. The molecule has 1 fully saturated rings. The number of nitrogens with zero attached hydrogens (tertiary/aromatic N) is 2. The summed E-state index contributed by atoms with van der Waals surface area (Å²) in [7, 11) is 0. The van der Waals surface area contributed by atoms with Crippen LogP contribution in [0, 0.1) is 0 Å². The molecule has 1 saturated heterocycles. The molecule has 3 N–H and O–H groups in total. The highest BCUT2D eigenvalue weighted by Crippen LogP contribution is 2.30. The Morgan fingerprint density at radius 3 is 2.39 bits per heavy atom. The molecule has 5 nitrogen and oxygen atoms in total. The number of aliphatic imine (C=N–C) groups is 1. The summed E-state index contributed by atoms with van der Waals surface area (Å²) in [5.41, 5.74) is 7.20. The number of para-hydroxylation sites is 2. The number of halogens is 3. The minimum Gasteiger partial charge on any atom is -0.404 e. The van der Waals surface area contributed by atoms with E-state index in [1.165, 1.54) is 18.2 Å². The molecule has 0 spiro atoms. The quantitative estimate of drug-likeness (QED) is 0.573. The summed E-state index contributed by atoms with van der Waals surface area (Å²) in [5, 5.41) is 2.71. The maximum atomic E-state index is 12.6. The van der Waals surface area contributed by atoms with E-state index < -0.39 is 6.36 Å². The number of ether oxygens (including phenoxy) is 1. The number of likely N-dealkylation sites (tertiary alicyclic amines) is 1. The highest BCUT2D eigenvalue weighted by Gasteiger charge is 2.32. The van der Waals surface area contributed by atoms with Crippen molar-refractivity contribution < 1.29 is 17.9 Å². The van der Waals surface area contributed by atoms with Gasteiger partial charge >= 0.3 is 6.36 Å². The predicted molar refractivity (Wildman–Crippen MR) is 103 cm³/mol. The molecule has 1 heterocycles. The van der Waals surface area contributed by atoms with E-state index in [2.05, 4.69) is 32.1 Å². The van der Waals surface area contributed by atoms with E-state index in [-0.39, 0.29) is 23.4 Å². The first-order chi connectivity index (χ1) is 13.4. The Labute approximate surface area is 162 Å². The molecule has 1 aliphatic rings. The Balaban J connectivity index is 1.72. The van der Waals surface area contributed by atoms with Crippen molar-refractivity contribution in [2.45, 2.75) is 25.2 Å². The van der Waals surface area contributed by atoms with Gasteiger partial charge in [-0.25, -0.2) is 0 Å². The van der Waals surface area contributed by atoms with E-state index in [0.717, 1.165) is 31.5 Å². The molecule has 8 heteroatoms. The van der Waals surface area contributed by atoms with Gasteiger partial charge in [0.15, 0.2) is 11.7 Å². The van der Waals surface area contributed by atoms with Gasteiger partial charge in [-0.3, -0.25) is 9.89 Å². The van der Waals surface area contributed by atoms with Crippen molar-refractivity contribution in [1.29, 1.82) is 0 Å². The largest absolute Gasteiger partial charge is 0.573 e. The lowest BCUT2D eigenvalue weighted by Crippen LogP contribution is -2.30. The van der Waals surface area contributed by atoms with Crippen molar-refractivity contribution in [1.82, 2.24) is 4.90 Å². The van der Waals surface area contributed by atoms with Gasteiger partial charge in [-0.15, -0.1) is 13.2 Å². The van der Waals surface area contributed by atoms with Gasteiger partial charge in [0.2, 0.25) is 0 Å². The van der Waals surface area contributed by atoms with Crippen LogP contribution in [0.4, 0.5) is 18.9 Å². The first-order valence-electron chi connectivity index (χ1n) is 9.13. The molecule has 0 bridgehead atoms. The van der Waals surface area contributed by atoms with E-state index in [1.54, 1.807) is 6.07 Å². The standard InChI is InChI=1S/C20H23F3N4O/c21-20(22,23)28-18-11-5-4-10-16(18)26-19(24)25-14-17(27-12-6-7-13-27)15-8-2-1-3-9-15/h1-5,8-11,17H,6-7,12-14H2,(H3,24,25,26). The van der Waals surface area contributed by atoms with Crippen molar-refractivity contribution in [3.05, 3.63) is 60.2 Å². The van der Waals surface area contributed by atoms with Gasteiger partial charge in [-0.1, -0.05) is 42.5 Å². The third-order valence-electron chi connectivity index (χ3n) is 4.58. The summed E-state index contributed by atoms with van der Waals surface area (Å²) < 4.78 is 41.7. The monoisotopic (exact) mass is 392 g/mol. The number of rotatable bonds is 6. The fraction of sp³-hybridized carbons (Fsp3) is 0.350. The second kappa shape index (κ2) is 8.97. The van der Waals surface area contributed by atoms with Crippen LogP contribution in [-0.4, -0.2) is 36.9 Å². The molecule has 28 heavy (non-hydrogen) atoms. The molecule has 1 aliphatic heterocycles. The van der Waals surface area contributed by atoms with Crippen molar-refractivity contribution in [2.24, 2.45) is 10.7 Å². The highest BCUT2D eigenvalue weighted by molar-refractivity contribution is 5.93. The first-order valence-corrected chi connectivity index (χ1v) is 9.13. The summed E-state index contributed by atoms with van der Waals surface area (Å²) in [6.07, 6.45) is -2.50. The van der Waals surface area contributed by atoms with Gasteiger partial charge in [-0.05, 0) is 43.6 Å². The Kier molecular flexibility index (Phi) is 6.41. The lowest BCUT2D eigenvalue weighted by molar-refractivity contribution is -0.274. The second-order valence-corrected chi connectivity index (χ2v) is 6.56. The minimum absolute atomic E-state index is 0.0401. The second-order valence-electron chi connectivity index (χ2n) is 6.56. The highest BCUT2D eigenvalue weighted by atomic mass is 19.4. The van der Waals surface area contributed by atoms with Crippen LogP contribution in [0.5, 0.6) is 5.75 Å². The SMILES string of the molecule is NC(=NCC(c1ccccc1)N1CCCC1)Nc1ccccc1OC(F)(F)F. The van der Waals surface area contributed by atoms with Crippen molar-refractivity contribution in [3.63, 3.8) is 0 Å². The molecule has 1 atom stereocenters. The van der Waals surface area contributed by atoms with E-state index in [4.69, 9.17) is 5.73 Å². The molecular weight excluding hydrogens is 369 g/mol. The van der Waals surface area contributed by atoms with Crippen LogP contribution in [0.1, 0.15) is 24.4 Å². The number of nitrogens with one attached hydrogen (secondary N) is 1. The molecule has 3 rings (SSSR count). The molecule has 2 aromatic rings. The topological polar surface area (TPSA) is 62.9 Å². The van der Waals surface area contributed by atoms with Gasteiger partial charge in [0.25, 0.3) is 0 Å². The maximum absolute atomic E-state index is 12.6. The van der Waals surface area contributed by atoms with Crippen LogP contribution in [-0.2, 0) is 0 Å². The maximum Gasteiger partial charge on any atom is 0.573 e. The average Bonchev–Trinajstić information content (AvgIpc) is 3.18. The third-order valence-corrected chi connectivity index (χ3v) is 4.58. The minimum atomic E-state index is -4.78. The number of anilines is 1. The number of hydrogen-bond donors (Lipinski definition) is 2. The van der Waals surface area contributed by atoms with Crippen LogP contribution < -0.4 is 15.8 Å². The Morgan fingerprint density at radius 2 is 1.71 bits per heavy atom. The van der Waals surface area contributed by atoms with E-state index in [1.807, 2.05) is 18.2 Å². The Hall–Kier alpha value is -2.74. The lowest BCUT2D eigenvalue weighted by Gasteiger charge is -2.26.